The van der Waals surface area contributed by atoms with Crippen LogP contribution in [-0.4, -0.2) is 41.9 Å². The van der Waals surface area contributed by atoms with E-state index in [1.54, 1.807) is 18.2 Å². The van der Waals surface area contributed by atoms with E-state index >= 15 is 0 Å². The Kier molecular flexibility index (Phi) is 5.54. The van der Waals surface area contributed by atoms with Crippen molar-refractivity contribution in [2.45, 2.75) is 25.9 Å². The van der Waals surface area contributed by atoms with Crippen molar-refractivity contribution in [2.24, 2.45) is 0 Å². The van der Waals surface area contributed by atoms with Gasteiger partial charge in [0.25, 0.3) is 5.91 Å². The van der Waals surface area contributed by atoms with Gasteiger partial charge >= 0.3 is 5.97 Å². The van der Waals surface area contributed by atoms with Gasteiger partial charge in [0.1, 0.15) is 6.54 Å². The van der Waals surface area contributed by atoms with Crippen LogP contribution in [0.1, 0.15) is 19.8 Å². The van der Waals surface area contributed by atoms with E-state index in [0.717, 1.165) is 10.9 Å². The van der Waals surface area contributed by atoms with E-state index in [0.29, 0.717) is 18.7 Å². The average molecular weight is 369 g/mol. The first-order valence-corrected chi connectivity index (χ1v) is 7.78. The van der Waals surface area contributed by atoms with Gasteiger partial charge in [-0.1, -0.05) is 22.0 Å². The molecule has 1 aromatic carbocycles. The maximum atomic E-state index is 12.0. The highest BCUT2D eigenvalue weighted by molar-refractivity contribution is 9.10. The molecular weight excluding hydrogens is 352 g/mol. The summed E-state index contributed by atoms with van der Waals surface area (Å²) in [5.74, 6) is -1.05. The van der Waals surface area contributed by atoms with E-state index < -0.39 is 18.0 Å². The predicted molar refractivity (Wildman–Crippen MR) is 84.1 cm³/mol. The molecule has 1 atom stereocenters. The van der Waals surface area contributed by atoms with Crippen molar-refractivity contribution in [3.05, 3.63) is 28.7 Å². The minimum Gasteiger partial charge on any atom is -0.451 e. The van der Waals surface area contributed by atoms with Crippen LogP contribution in [0.4, 0.5) is 5.69 Å². The van der Waals surface area contributed by atoms with Gasteiger partial charge < -0.3 is 15.0 Å². The number of hydrogen-bond donors (Lipinski definition) is 1. The number of amides is 2. The molecule has 1 aromatic rings. The number of halogens is 1. The van der Waals surface area contributed by atoms with E-state index in [-0.39, 0.29) is 12.5 Å². The lowest BCUT2D eigenvalue weighted by molar-refractivity contribution is -0.155. The first-order valence-electron chi connectivity index (χ1n) is 6.99. The molecule has 0 aliphatic carbocycles. The fourth-order valence-electron chi connectivity index (χ4n) is 2.13. The van der Waals surface area contributed by atoms with E-state index in [9.17, 15) is 14.4 Å². The number of benzene rings is 1. The summed E-state index contributed by atoms with van der Waals surface area (Å²) in [5.41, 5.74) is 0.608. The maximum absolute atomic E-state index is 12.0. The minimum absolute atomic E-state index is 0.0526. The highest BCUT2D eigenvalue weighted by Gasteiger charge is 2.25. The number of ether oxygens (including phenoxy) is 1. The highest BCUT2D eigenvalue weighted by Crippen LogP contribution is 2.16. The summed E-state index contributed by atoms with van der Waals surface area (Å²) in [6.45, 7) is 1.96. The number of rotatable bonds is 5. The summed E-state index contributed by atoms with van der Waals surface area (Å²) in [6, 6.07) is 7.11. The number of likely N-dealkylation sites (tertiary alicyclic amines) is 1. The molecule has 1 aliphatic heterocycles. The van der Waals surface area contributed by atoms with Gasteiger partial charge in [0.2, 0.25) is 5.91 Å². The van der Waals surface area contributed by atoms with Crippen LogP contribution in [0, 0.1) is 0 Å². The highest BCUT2D eigenvalue weighted by atomic mass is 79.9. The molecule has 1 aliphatic rings. The number of nitrogens with one attached hydrogen (secondary N) is 1. The summed E-state index contributed by atoms with van der Waals surface area (Å²) in [6.07, 6.45) is 0.293. The lowest BCUT2D eigenvalue weighted by atomic mass is 10.3. The second kappa shape index (κ2) is 7.40. The Hall–Kier alpha value is -1.89. The largest absolute Gasteiger partial charge is 0.451 e. The van der Waals surface area contributed by atoms with Crippen LogP contribution in [0.25, 0.3) is 0 Å². The van der Waals surface area contributed by atoms with Crippen molar-refractivity contribution < 1.29 is 19.1 Å². The summed E-state index contributed by atoms with van der Waals surface area (Å²) < 4.78 is 5.90. The fourth-order valence-corrected chi connectivity index (χ4v) is 2.52. The van der Waals surface area contributed by atoms with Gasteiger partial charge in [-0.25, -0.2) is 0 Å². The number of carbonyl (C=O) groups excluding carboxylic acids is 3. The molecule has 2 rings (SSSR count). The van der Waals surface area contributed by atoms with E-state index in [1.807, 2.05) is 6.07 Å². The molecule has 6 nitrogen and oxygen atoms in total. The van der Waals surface area contributed by atoms with Crippen LogP contribution < -0.4 is 5.32 Å². The molecule has 1 saturated heterocycles. The summed E-state index contributed by atoms with van der Waals surface area (Å²) in [4.78, 5) is 36.6. The van der Waals surface area contributed by atoms with Gasteiger partial charge in [0, 0.05) is 23.1 Å². The van der Waals surface area contributed by atoms with Crippen LogP contribution in [0.2, 0.25) is 0 Å². The van der Waals surface area contributed by atoms with Crippen molar-refractivity contribution in [3.63, 3.8) is 0 Å². The molecule has 7 heteroatoms. The van der Waals surface area contributed by atoms with Gasteiger partial charge in [-0.05, 0) is 31.5 Å². The number of anilines is 1. The third-order valence-corrected chi connectivity index (χ3v) is 3.75. The third kappa shape index (κ3) is 4.56. The standard InChI is InChI=1S/C15H17BrN2O4/c1-10(15(21)17-12-5-2-4-11(16)8-12)22-14(20)9-18-7-3-6-13(18)19/h2,4-5,8,10H,3,6-7,9H2,1H3,(H,17,21)/t10-/m1/s1. The predicted octanol–water partition coefficient (Wildman–Crippen LogP) is 1.94. The van der Waals surface area contributed by atoms with Crippen molar-refractivity contribution >= 4 is 39.4 Å². The lowest BCUT2D eigenvalue weighted by Gasteiger charge is -2.17. The zero-order valence-corrected chi connectivity index (χ0v) is 13.8. The summed E-state index contributed by atoms with van der Waals surface area (Å²) in [7, 11) is 0. The molecule has 1 heterocycles. The molecule has 22 heavy (non-hydrogen) atoms. The molecule has 1 N–H and O–H groups in total. The van der Waals surface area contributed by atoms with Crippen LogP contribution in [0.3, 0.4) is 0 Å². The van der Waals surface area contributed by atoms with E-state index in [1.165, 1.54) is 11.8 Å². The monoisotopic (exact) mass is 368 g/mol. The first-order chi connectivity index (χ1) is 10.5. The summed E-state index contributed by atoms with van der Waals surface area (Å²) in [5, 5.41) is 2.66. The Bertz CT molecular complexity index is 591. The second-order valence-corrected chi connectivity index (χ2v) is 5.97. The normalized spacial score (nSPS) is 15.5. The Morgan fingerprint density at radius 2 is 2.23 bits per heavy atom. The Morgan fingerprint density at radius 3 is 2.86 bits per heavy atom. The number of esters is 1. The van der Waals surface area contributed by atoms with E-state index in [4.69, 9.17) is 4.74 Å². The quantitative estimate of drug-likeness (QED) is 0.805. The molecule has 0 spiro atoms. The Labute approximate surface area is 136 Å². The smallest absolute Gasteiger partial charge is 0.326 e. The van der Waals surface area contributed by atoms with Gasteiger partial charge in [-0.15, -0.1) is 0 Å². The fraction of sp³-hybridized carbons (Fsp3) is 0.400. The number of carbonyl (C=O) groups is 3. The first kappa shape index (κ1) is 16.5. The van der Waals surface area contributed by atoms with Crippen LogP contribution in [0.15, 0.2) is 28.7 Å². The van der Waals surface area contributed by atoms with Gasteiger partial charge in [0.15, 0.2) is 6.10 Å². The second-order valence-electron chi connectivity index (χ2n) is 5.05. The molecule has 0 aromatic heterocycles. The SMILES string of the molecule is C[C@@H](OC(=O)CN1CCCC1=O)C(=O)Nc1cccc(Br)c1. The third-order valence-electron chi connectivity index (χ3n) is 3.26. The molecule has 0 radical (unpaired) electrons. The van der Waals surface area contributed by atoms with Crippen LogP contribution in [-0.2, 0) is 19.1 Å². The Balaban J connectivity index is 1.83. The molecule has 0 saturated carbocycles. The number of nitrogens with zero attached hydrogens (tertiary/aromatic N) is 1. The summed E-state index contributed by atoms with van der Waals surface area (Å²) >= 11 is 3.31. The topological polar surface area (TPSA) is 75.7 Å². The van der Waals surface area contributed by atoms with Gasteiger partial charge in [-0.2, -0.15) is 0 Å². The van der Waals surface area contributed by atoms with Crippen molar-refractivity contribution in [1.29, 1.82) is 0 Å². The average Bonchev–Trinajstić information content (AvgIpc) is 2.84. The molecule has 0 bridgehead atoms. The maximum Gasteiger partial charge on any atom is 0.326 e. The molecular formula is C15H17BrN2O4. The minimum atomic E-state index is -0.927. The van der Waals surface area contributed by atoms with Crippen molar-refractivity contribution in [3.8, 4) is 0 Å². The lowest BCUT2D eigenvalue weighted by Crippen LogP contribution is -2.36. The van der Waals surface area contributed by atoms with Crippen LogP contribution in [0.5, 0.6) is 0 Å². The molecule has 0 unspecified atom stereocenters. The zero-order valence-electron chi connectivity index (χ0n) is 12.2. The number of hydrogen-bond acceptors (Lipinski definition) is 4. The van der Waals surface area contributed by atoms with Gasteiger partial charge in [-0.3, -0.25) is 14.4 Å². The molecule has 2 amide bonds. The van der Waals surface area contributed by atoms with Gasteiger partial charge in [0.05, 0.1) is 0 Å². The zero-order chi connectivity index (χ0) is 16.1. The Morgan fingerprint density at radius 1 is 1.45 bits per heavy atom. The van der Waals surface area contributed by atoms with E-state index in [2.05, 4.69) is 21.2 Å². The van der Waals surface area contributed by atoms with Crippen molar-refractivity contribution in [2.75, 3.05) is 18.4 Å². The molecule has 118 valence electrons. The molecule has 1 fully saturated rings. The van der Waals surface area contributed by atoms with Crippen molar-refractivity contribution in [1.82, 2.24) is 4.90 Å². The van der Waals surface area contributed by atoms with Crippen LogP contribution >= 0.6 is 15.9 Å².